The van der Waals surface area contributed by atoms with E-state index < -0.39 is 0 Å². The van der Waals surface area contributed by atoms with Gasteiger partial charge in [-0.1, -0.05) is 13.3 Å². The van der Waals surface area contributed by atoms with Crippen LogP contribution in [0.1, 0.15) is 46.1 Å². The molecule has 4 nitrogen and oxygen atoms in total. The highest BCUT2D eigenvalue weighted by Crippen LogP contribution is 2.16. The van der Waals surface area contributed by atoms with Crippen LogP contribution < -0.4 is 10.2 Å². The molecule has 0 unspecified atom stereocenters. The van der Waals surface area contributed by atoms with Crippen LogP contribution >= 0.6 is 0 Å². The first-order valence-corrected chi connectivity index (χ1v) is 6.69. The molecule has 0 aromatic carbocycles. The molecule has 0 fully saturated rings. The number of nitrogens with zero attached hydrogens (tertiary/aromatic N) is 3. The second kappa shape index (κ2) is 6.69. The number of hydrogen-bond acceptors (Lipinski definition) is 4. The Kier molecular flexibility index (Phi) is 5.54. The van der Waals surface area contributed by atoms with Crippen LogP contribution in [0.3, 0.4) is 0 Å². The van der Waals surface area contributed by atoms with Gasteiger partial charge in [-0.05, 0) is 27.2 Å². The molecule has 0 radical (unpaired) electrons. The topological polar surface area (TPSA) is 41.1 Å². The van der Waals surface area contributed by atoms with E-state index in [1.165, 1.54) is 12.8 Å². The zero-order chi connectivity index (χ0) is 13.6. The van der Waals surface area contributed by atoms with Crippen LogP contribution in [-0.4, -0.2) is 29.1 Å². The zero-order valence-electron chi connectivity index (χ0n) is 12.3. The van der Waals surface area contributed by atoms with Gasteiger partial charge in [-0.15, -0.1) is 0 Å². The number of nitrogens with one attached hydrogen (secondary N) is 1. The van der Waals surface area contributed by atoms with Gasteiger partial charge in [0.05, 0.1) is 0 Å². The Morgan fingerprint density at radius 1 is 1.33 bits per heavy atom. The molecule has 0 bridgehead atoms. The molecule has 0 aliphatic carbocycles. The van der Waals surface area contributed by atoms with E-state index in [-0.39, 0.29) is 5.54 Å². The van der Waals surface area contributed by atoms with Crippen molar-refractivity contribution in [3.05, 3.63) is 18.1 Å². The van der Waals surface area contributed by atoms with Gasteiger partial charge in [0, 0.05) is 37.4 Å². The molecule has 1 heterocycles. The molecule has 1 rings (SSSR count). The monoisotopic (exact) mass is 250 g/mol. The molecule has 0 aliphatic heterocycles. The molecule has 1 aromatic rings. The van der Waals surface area contributed by atoms with Crippen LogP contribution in [0.4, 0.5) is 5.82 Å². The molecule has 102 valence electrons. The fraction of sp³-hybridized carbons (Fsp3) is 0.714. The van der Waals surface area contributed by atoms with Crippen molar-refractivity contribution in [3.8, 4) is 0 Å². The summed E-state index contributed by atoms with van der Waals surface area (Å²) in [6.07, 6.45) is 5.92. The van der Waals surface area contributed by atoms with Crippen LogP contribution in [0.25, 0.3) is 0 Å². The van der Waals surface area contributed by atoms with Gasteiger partial charge in [0.2, 0.25) is 0 Å². The van der Waals surface area contributed by atoms with E-state index in [2.05, 4.69) is 54.9 Å². The molecule has 0 saturated heterocycles. The molecule has 0 amide bonds. The molecule has 4 heteroatoms. The molecule has 1 aromatic heterocycles. The maximum atomic E-state index is 4.41. The van der Waals surface area contributed by atoms with Crippen molar-refractivity contribution < 1.29 is 0 Å². The third-order valence-corrected chi connectivity index (χ3v) is 2.78. The van der Waals surface area contributed by atoms with Crippen molar-refractivity contribution in [1.29, 1.82) is 0 Å². The van der Waals surface area contributed by atoms with E-state index in [9.17, 15) is 0 Å². The van der Waals surface area contributed by atoms with Crippen LogP contribution in [0.5, 0.6) is 0 Å². The minimum atomic E-state index is 0.106. The maximum absolute atomic E-state index is 4.41. The van der Waals surface area contributed by atoms with Crippen molar-refractivity contribution in [2.45, 2.75) is 52.6 Å². The average molecular weight is 250 g/mol. The number of aromatic nitrogens is 2. The lowest BCUT2D eigenvalue weighted by Gasteiger charge is -2.24. The lowest BCUT2D eigenvalue weighted by molar-refractivity contribution is 0.423. The van der Waals surface area contributed by atoms with E-state index in [0.717, 1.165) is 24.5 Å². The summed E-state index contributed by atoms with van der Waals surface area (Å²) in [5.41, 5.74) is 1.26. The van der Waals surface area contributed by atoms with Crippen molar-refractivity contribution in [1.82, 2.24) is 15.3 Å². The predicted octanol–water partition coefficient (Wildman–Crippen LogP) is 2.60. The van der Waals surface area contributed by atoms with Gasteiger partial charge in [0.25, 0.3) is 0 Å². The molecule has 0 saturated carbocycles. The summed E-state index contributed by atoms with van der Waals surface area (Å²) in [6, 6.07) is 0. The predicted molar refractivity (Wildman–Crippen MR) is 76.8 cm³/mol. The number of unbranched alkanes of at least 4 members (excludes halogenated alkanes) is 1. The Morgan fingerprint density at radius 3 is 2.67 bits per heavy atom. The van der Waals surface area contributed by atoms with E-state index in [4.69, 9.17) is 0 Å². The summed E-state index contributed by atoms with van der Waals surface area (Å²) in [5, 5.41) is 3.48. The van der Waals surface area contributed by atoms with Gasteiger partial charge in [0.1, 0.15) is 12.1 Å². The second-order valence-corrected chi connectivity index (χ2v) is 5.75. The van der Waals surface area contributed by atoms with Crippen molar-refractivity contribution in [3.63, 3.8) is 0 Å². The SMILES string of the molecule is CCCCN(C)c1ncncc1CNC(C)(C)C. The smallest absolute Gasteiger partial charge is 0.136 e. The highest BCUT2D eigenvalue weighted by molar-refractivity contribution is 5.44. The van der Waals surface area contributed by atoms with Gasteiger partial charge in [-0.3, -0.25) is 0 Å². The molecule has 18 heavy (non-hydrogen) atoms. The normalized spacial score (nSPS) is 11.6. The molecular weight excluding hydrogens is 224 g/mol. The lowest BCUT2D eigenvalue weighted by Crippen LogP contribution is -2.35. The van der Waals surface area contributed by atoms with Crippen molar-refractivity contribution in [2.24, 2.45) is 0 Å². The van der Waals surface area contributed by atoms with Crippen molar-refractivity contribution >= 4 is 5.82 Å². The maximum Gasteiger partial charge on any atom is 0.136 e. The highest BCUT2D eigenvalue weighted by Gasteiger charge is 2.13. The van der Waals surface area contributed by atoms with E-state index in [1.807, 2.05) is 6.20 Å². The largest absolute Gasteiger partial charge is 0.359 e. The molecule has 0 spiro atoms. The quantitative estimate of drug-likeness (QED) is 0.842. The van der Waals surface area contributed by atoms with Crippen molar-refractivity contribution in [2.75, 3.05) is 18.5 Å². The third-order valence-electron chi connectivity index (χ3n) is 2.78. The molecule has 0 atom stereocenters. The Hall–Kier alpha value is -1.16. The summed E-state index contributed by atoms with van der Waals surface area (Å²) in [6.45, 7) is 10.5. The van der Waals surface area contributed by atoms with Gasteiger partial charge in [0.15, 0.2) is 0 Å². The fourth-order valence-corrected chi connectivity index (χ4v) is 1.68. The first-order valence-electron chi connectivity index (χ1n) is 6.69. The van der Waals surface area contributed by atoms with Crippen LogP contribution in [0.2, 0.25) is 0 Å². The molecular formula is C14H26N4. The summed E-state index contributed by atoms with van der Waals surface area (Å²) >= 11 is 0. The van der Waals surface area contributed by atoms with Gasteiger partial charge >= 0.3 is 0 Å². The standard InChI is InChI=1S/C14H26N4/c1-6-7-8-18(5)13-12(9-15-11-16-13)10-17-14(2,3)4/h9,11,17H,6-8,10H2,1-5H3. The number of hydrogen-bond donors (Lipinski definition) is 1. The Balaban J connectivity index is 2.72. The van der Waals surface area contributed by atoms with Crippen LogP contribution in [0.15, 0.2) is 12.5 Å². The number of rotatable bonds is 6. The second-order valence-electron chi connectivity index (χ2n) is 5.75. The fourth-order valence-electron chi connectivity index (χ4n) is 1.68. The third kappa shape index (κ3) is 5.00. The van der Waals surface area contributed by atoms with Gasteiger partial charge in [-0.25, -0.2) is 9.97 Å². The lowest BCUT2D eigenvalue weighted by atomic mass is 10.1. The van der Waals surface area contributed by atoms with E-state index >= 15 is 0 Å². The molecule has 0 aliphatic rings. The van der Waals surface area contributed by atoms with Gasteiger partial charge < -0.3 is 10.2 Å². The minimum absolute atomic E-state index is 0.106. The van der Waals surface area contributed by atoms with E-state index in [0.29, 0.717) is 0 Å². The Bertz CT molecular complexity index is 357. The zero-order valence-corrected chi connectivity index (χ0v) is 12.3. The summed E-state index contributed by atoms with van der Waals surface area (Å²) in [7, 11) is 2.10. The molecule has 1 N–H and O–H groups in total. The first-order chi connectivity index (χ1) is 8.44. The Labute approximate surface area is 111 Å². The average Bonchev–Trinajstić information content (AvgIpc) is 2.33. The first kappa shape index (κ1) is 14.9. The Morgan fingerprint density at radius 2 is 2.06 bits per heavy atom. The van der Waals surface area contributed by atoms with Gasteiger partial charge in [-0.2, -0.15) is 0 Å². The highest BCUT2D eigenvalue weighted by atomic mass is 15.2. The summed E-state index contributed by atoms with van der Waals surface area (Å²) < 4.78 is 0. The van der Waals surface area contributed by atoms with Crippen LogP contribution in [-0.2, 0) is 6.54 Å². The summed E-state index contributed by atoms with van der Waals surface area (Å²) in [5.74, 6) is 1.04. The van der Waals surface area contributed by atoms with Crippen LogP contribution in [0, 0.1) is 0 Å². The van der Waals surface area contributed by atoms with E-state index in [1.54, 1.807) is 6.33 Å². The summed E-state index contributed by atoms with van der Waals surface area (Å²) in [4.78, 5) is 10.8. The number of anilines is 1. The minimum Gasteiger partial charge on any atom is -0.359 e.